The third kappa shape index (κ3) is 3.53. The van der Waals surface area contributed by atoms with Crippen LogP contribution in [0.25, 0.3) is 0 Å². The van der Waals surface area contributed by atoms with Crippen molar-refractivity contribution in [1.29, 1.82) is 0 Å². The van der Waals surface area contributed by atoms with Gasteiger partial charge in [-0.05, 0) is 37.7 Å². The number of amides is 1. The molecule has 1 N–H and O–H groups in total. The monoisotopic (exact) mass is 243 g/mol. The van der Waals surface area contributed by atoms with Gasteiger partial charge in [-0.25, -0.2) is 0 Å². The largest absolute Gasteiger partial charge is 0.396 e. The lowest BCUT2D eigenvalue weighted by molar-refractivity contribution is 0.0796. The van der Waals surface area contributed by atoms with E-state index in [1.54, 1.807) is 18.9 Å². The zero-order valence-electron chi connectivity index (χ0n) is 9.64. The van der Waals surface area contributed by atoms with Crippen molar-refractivity contribution in [1.82, 2.24) is 14.5 Å². The van der Waals surface area contributed by atoms with Crippen molar-refractivity contribution in [2.24, 2.45) is 0 Å². The summed E-state index contributed by atoms with van der Waals surface area (Å²) in [7, 11) is 1.78. The fraction of sp³-hybridized carbons (Fsp3) is 0.700. The molecule has 90 valence electrons. The minimum absolute atomic E-state index is 0.0171. The normalized spacial score (nSPS) is 10.4. The summed E-state index contributed by atoms with van der Waals surface area (Å²) >= 11 is 1.14. The van der Waals surface area contributed by atoms with Crippen molar-refractivity contribution in [2.75, 3.05) is 20.2 Å². The molecule has 1 amide bonds. The van der Waals surface area contributed by atoms with E-state index in [1.807, 2.05) is 0 Å². The molecule has 1 aromatic rings. The zero-order chi connectivity index (χ0) is 12.0. The molecule has 0 spiro atoms. The molecule has 0 bridgehead atoms. The van der Waals surface area contributed by atoms with Gasteiger partial charge in [0.1, 0.15) is 4.88 Å². The predicted octanol–water partition coefficient (Wildman–Crippen LogP) is 1.08. The minimum atomic E-state index is -0.0171. The summed E-state index contributed by atoms with van der Waals surface area (Å²) in [6.45, 7) is 2.71. The van der Waals surface area contributed by atoms with Crippen molar-refractivity contribution >= 4 is 17.4 Å². The molecule has 1 heterocycles. The van der Waals surface area contributed by atoms with Gasteiger partial charge < -0.3 is 10.0 Å². The lowest BCUT2D eigenvalue weighted by Crippen LogP contribution is -2.27. The Morgan fingerprint density at radius 1 is 1.44 bits per heavy atom. The molecule has 0 saturated carbocycles. The average molecular weight is 243 g/mol. The number of aliphatic hydroxyl groups excluding tert-OH is 1. The lowest BCUT2D eigenvalue weighted by Gasteiger charge is -2.15. The number of hydrogen-bond donors (Lipinski definition) is 1. The van der Waals surface area contributed by atoms with Gasteiger partial charge in [-0.2, -0.15) is 0 Å². The maximum Gasteiger partial charge on any atom is 0.267 e. The van der Waals surface area contributed by atoms with Gasteiger partial charge in [0.25, 0.3) is 5.91 Å². The van der Waals surface area contributed by atoms with E-state index in [9.17, 15) is 4.79 Å². The number of hydrogen-bond acceptors (Lipinski definition) is 5. The summed E-state index contributed by atoms with van der Waals surface area (Å²) in [5.74, 6) is -0.0171. The molecule has 0 unspecified atom stereocenters. The molecule has 16 heavy (non-hydrogen) atoms. The lowest BCUT2D eigenvalue weighted by atomic mass is 10.2. The van der Waals surface area contributed by atoms with Gasteiger partial charge in [-0.15, -0.1) is 5.10 Å². The number of nitrogens with zero attached hydrogens (tertiary/aromatic N) is 3. The maximum absolute atomic E-state index is 11.9. The molecule has 6 heteroatoms. The van der Waals surface area contributed by atoms with Crippen LogP contribution in [0.2, 0.25) is 0 Å². The summed E-state index contributed by atoms with van der Waals surface area (Å²) in [6.07, 6.45) is 2.64. The standard InChI is InChI=1S/C10H17N3O2S/c1-8-9(16-12-11-8)10(15)13(2)6-4-3-5-7-14/h14H,3-7H2,1-2H3. The number of carbonyl (C=O) groups excluding carboxylic acids is 1. The molecule has 1 rings (SSSR count). The first-order valence-electron chi connectivity index (χ1n) is 5.32. The van der Waals surface area contributed by atoms with E-state index in [2.05, 4.69) is 9.59 Å². The highest BCUT2D eigenvalue weighted by atomic mass is 32.1. The topological polar surface area (TPSA) is 66.3 Å². The number of aromatic nitrogens is 2. The Morgan fingerprint density at radius 2 is 2.19 bits per heavy atom. The third-order valence-electron chi connectivity index (χ3n) is 2.34. The first kappa shape index (κ1) is 13.1. The first-order valence-corrected chi connectivity index (χ1v) is 6.09. The molecule has 0 aliphatic rings. The SMILES string of the molecule is Cc1nnsc1C(=O)N(C)CCCCCO. The third-order valence-corrected chi connectivity index (χ3v) is 3.16. The number of unbranched alkanes of at least 4 members (excludes halogenated alkanes) is 2. The highest BCUT2D eigenvalue weighted by Crippen LogP contribution is 2.12. The molecule has 0 aliphatic heterocycles. The van der Waals surface area contributed by atoms with Crippen LogP contribution in [0.4, 0.5) is 0 Å². The van der Waals surface area contributed by atoms with E-state index < -0.39 is 0 Å². The van der Waals surface area contributed by atoms with E-state index in [1.165, 1.54) is 0 Å². The Kier molecular flexibility index (Phi) is 5.34. The molecule has 0 atom stereocenters. The zero-order valence-corrected chi connectivity index (χ0v) is 10.5. The number of rotatable bonds is 6. The van der Waals surface area contributed by atoms with E-state index >= 15 is 0 Å². The number of aryl methyl sites for hydroxylation is 1. The predicted molar refractivity (Wildman–Crippen MR) is 62.5 cm³/mol. The van der Waals surface area contributed by atoms with Gasteiger partial charge >= 0.3 is 0 Å². The van der Waals surface area contributed by atoms with Crippen molar-refractivity contribution in [2.45, 2.75) is 26.2 Å². The Morgan fingerprint density at radius 3 is 2.75 bits per heavy atom. The highest BCUT2D eigenvalue weighted by Gasteiger charge is 2.16. The molecule has 1 aromatic heterocycles. The Bertz CT molecular complexity index is 341. The molecular formula is C10H17N3O2S. The second-order valence-corrected chi connectivity index (χ2v) is 4.45. The first-order chi connectivity index (χ1) is 7.66. The van der Waals surface area contributed by atoms with Crippen LogP contribution in [0.1, 0.15) is 34.6 Å². The quantitative estimate of drug-likeness (QED) is 0.759. The van der Waals surface area contributed by atoms with Gasteiger partial charge in [0.2, 0.25) is 0 Å². The van der Waals surface area contributed by atoms with Gasteiger partial charge in [-0.1, -0.05) is 4.49 Å². The fourth-order valence-electron chi connectivity index (χ4n) is 1.34. The van der Waals surface area contributed by atoms with Crippen LogP contribution < -0.4 is 0 Å². The summed E-state index contributed by atoms with van der Waals surface area (Å²) < 4.78 is 3.75. The van der Waals surface area contributed by atoms with Crippen LogP contribution in [0.15, 0.2) is 0 Å². The van der Waals surface area contributed by atoms with Gasteiger partial charge in [0.05, 0.1) is 5.69 Å². The Balaban J connectivity index is 2.40. The molecule has 0 radical (unpaired) electrons. The van der Waals surface area contributed by atoms with Gasteiger partial charge in [-0.3, -0.25) is 4.79 Å². The van der Waals surface area contributed by atoms with Crippen LogP contribution in [-0.2, 0) is 0 Å². The summed E-state index contributed by atoms with van der Waals surface area (Å²) in [6, 6.07) is 0. The average Bonchev–Trinajstić information content (AvgIpc) is 2.69. The van der Waals surface area contributed by atoms with Crippen LogP contribution >= 0.6 is 11.5 Å². The van der Waals surface area contributed by atoms with Crippen molar-refractivity contribution in [3.63, 3.8) is 0 Å². The smallest absolute Gasteiger partial charge is 0.267 e. The van der Waals surface area contributed by atoms with Crippen molar-refractivity contribution in [3.8, 4) is 0 Å². The Labute approximate surface area is 99.3 Å². The molecular weight excluding hydrogens is 226 g/mol. The molecule has 0 aliphatic carbocycles. The highest BCUT2D eigenvalue weighted by molar-refractivity contribution is 7.07. The van der Waals surface area contributed by atoms with Crippen LogP contribution in [0.3, 0.4) is 0 Å². The Hall–Kier alpha value is -1.01. The van der Waals surface area contributed by atoms with Crippen LogP contribution in [0, 0.1) is 6.92 Å². The molecule has 0 fully saturated rings. The van der Waals surface area contributed by atoms with E-state index in [-0.39, 0.29) is 12.5 Å². The number of carbonyl (C=O) groups is 1. The van der Waals surface area contributed by atoms with Crippen molar-refractivity contribution < 1.29 is 9.90 Å². The van der Waals surface area contributed by atoms with Crippen LogP contribution in [-0.4, -0.2) is 45.7 Å². The molecule has 5 nitrogen and oxygen atoms in total. The van der Waals surface area contributed by atoms with Crippen molar-refractivity contribution in [3.05, 3.63) is 10.6 Å². The maximum atomic E-state index is 11.9. The number of aliphatic hydroxyl groups is 1. The summed E-state index contributed by atoms with van der Waals surface area (Å²) in [4.78, 5) is 14.2. The van der Waals surface area contributed by atoms with Gasteiger partial charge in [0, 0.05) is 20.2 Å². The second-order valence-electron chi connectivity index (χ2n) is 3.70. The fourth-order valence-corrected chi connectivity index (χ4v) is 1.99. The molecule has 0 aromatic carbocycles. The van der Waals surface area contributed by atoms with E-state index in [0.717, 1.165) is 30.8 Å². The summed E-state index contributed by atoms with van der Waals surface area (Å²) in [5, 5.41) is 12.4. The van der Waals surface area contributed by atoms with E-state index in [4.69, 9.17) is 5.11 Å². The minimum Gasteiger partial charge on any atom is -0.396 e. The summed E-state index contributed by atoms with van der Waals surface area (Å²) in [5.41, 5.74) is 0.692. The van der Waals surface area contributed by atoms with Gasteiger partial charge in [0.15, 0.2) is 0 Å². The van der Waals surface area contributed by atoms with Crippen LogP contribution in [0.5, 0.6) is 0 Å². The van der Waals surface area contributed by atoms with E-state index in [0.29, 0.717) is 17.1 Å². The second kappa shape index (κ2) is 6.55. The molecule has 0 saturated heterocycles.